The molecule has 27 heavy (non-hydrogen) atoms. The molecule has 136 valence electrons. The summed E-state index contributed by atoms with van der Waals surface area (Å²) in [6.07, 6.45) is 3.90. The van der Waals surface area contributed by atoms with Gasteiger partial charge in [-0.3, -0.25) is 0 Å². The molecule has 0 N–H and O–H groups in total. The minimum atomic E-state index is 0.478. The smallest absolute Gasteiger partial charge is 0.247 e. The second-order valence-electron chi connectivity index (χ2n) is 6.11. The van der Waals surface area contributed by atoms with E-state index in [1.165, 1.54) is 0 Å². The second-order valence-corrected chi connectivity index (χ2v) is 6.11. The first kappa shape index (κ1) is 17.0. The van der Waals surface area contributed by atoms with Crippen LogP contribution in [0.4, 0.5) is 0 Å². The number of hydrogen-bond donors (Lipinski definition) is 0. The van der Waals surface area contributed by atoms with E-state index in [0.717, 1.165) is 29.7 Å². The van der Waals surface area contributed by atoms with Gasteiger partial charge in [0, 0.05) is 12.3 Å². The molecule has 3 heterocycles. The molecule has 0 aliphatic rings. The molecule has 6 nitrogen and oxygen atoms in total. The first-order valence-corrected chi connectivity index (χ1v) is 8.91. The van der Waals surface area contributed by atoms with Gasteiger partial charge in [-0.25, -0.2) is 9.50 Å². The molecular weight excluding hydrogens is 340 g/mol. The summed E-state index contributed by atoms with van der Waals surface area (Å²) >= 11 is 0. The number of fused-ring (bicyclic) bond motifs is 1. The molecular formula is C21H20N4O2. The Bertz CT molecular complexity index is 1060. The predicted octanol–water partition coefficient (Wildman–Crippen LogP) is 4.54. The van der Waals surface area contributed by atoms with Crippen LogP contribution in [0.2, 0.25) is 0 Å². The molecule has 6 heteroatoms. The molecule has 4 aromatic rings. The molecule has 0 radical (unpaired) electrons. The fourth-order valence-corrected chi connectivity index (χ4v) is 2.96. The molecule has 0 unspecified atom stereocenters. The molecule has 0 amide bonds. The van der Waals surface area contributed by atoms with Crippen molar-refractivity contribution in [1.82, 2.24) is 19.6 Å². The monoisotopic (exact) mass is 360 g/mol. The van der Waals surface area contributed by atoms with Crippen molar-refractivity contribution >= 4 is 5.52 Å². The van der Waals surface area contributed by atoms with Crippen LogP contribution in [0.5, 0.6) is 17.5 Å². The zero-order valence-electron chi connectivity index (χ0n) is 15.3. The first-order valence-electron chi connectivity index (χ1n) is 8.91. The number of rotatable bonds is 6. The average Bonchev–Trinajstić information content (AvgIpc) is 3.12. The highest BCUT2D eigenvalue weighted by Crippen LogP contribution is 2.29. The van der Waals surface area contributed by atoms with E-state index >= 15 is 0 Å². The first-order chi connectivity index (χ1) is 13.3. The van der Waals surface area contributed by atoms with Gasteiger partial charge in [-0.2, -0.15) is 4.98 Å². The van der Waals surface area contributed by atoms with Crippen molar-refractivity contribution in [3.8, 4) is 29.0 Å². The van der Waals surface area contributed by atoms with E-state index in [2.05, 4.69) is 28.1 Å². The minimum absolute atomic E-state index is 0.478. The van der Waals surface area contributed by atoms with Gasteiger partial charge in [-0.1, -0.05) is 37.6 Å². The molecule has 0 aliphatic carbocycles. The zero-order chi connectivity index (χ0) is 18.6. The number of ether oxygens (including phenoxy) is 2. The number of nitrogens with zero attached hydrogens (tertiary/aromatic N) is 4. The third-order valence-electron chi connectivity index (χ3n) is 4.20. The summed E-state index contributed by atoms with van der Waals surface area (Å²) in [5.74, 6) is 2.24. The summed E-state index contributed by atoms with van der Waals surface area (Å²) in [6, 6.07) is 17.2. The number of benzene rings is 1. The van der Waals surface area contributed by atoms with Crippen LogP contribution in [-0.2, 0) is 6.42 Å². The van der Waals surface area contributed by atoms with Gasteiger partial charge in [-0.05, 0) is 36.2 Å². The Morgan fingerprint density at radius 3 is 2.59 bits per heavy atom. The van der Waals surface area contributed by atoms with Crippen LogP contribution < -0.4 is 9.47 Å². The van der Waals surface area contributed by atoms with E-state index in [9.17, 15) is 0 Å². The largest absolute Gasteiger partial charge is 0.481 e. The van der Waals surface area contributed by atoms with E-state index in [4.69, 9.17) is 9.47 Å². The molecule has 4 rings (SSSR count). The lowest BCUT2D eigenvalue weighted by molar-refractivity contribution is 0.398. The normalized spacial score (nSPS) is 10.9. The minimum Gasteiger partial charge on any atom is -0.481 e. The summed E-state index contributed by atoms with van der Waals surface area (Å²) in [7, 11) is 1.59. The van der Waals surface area contributed by atoms with Crippen molar-refractivity contribution in [3.63, 3.8) is 0 Å². The number of para-hydroxylation sites is 1. The van der Waals surface area contributed by atoms with E-state index in [1.807, 2.05) is 53.2 Å². The van der Waals surface area contributed by atoms with Gasteiger partial charge in [0.2, 0.25) is 17.6 Å². The molecule has 0 bridgehead atoms. The molecule has 0 spiro atoms. The maximum Gasteiger partial charge on any atom is 0.247 e. The van der Waals surface area contributed by atoms with E-state index in [1.54, 1.807) is 13.2 Å². The Labute approximate surface area is 157 Å². The van der Waals surface area contributed by atoms with Crippen LogP contribution in [0.25, 0.3) is 17.0 Å². The number of methoxy groups -OCH3 is 1. The van der Waals surface area contributed by atoms with Crippen molar-refractivity contribution in [2.45, 2.75) is 19.8 Å². The Hall–Kier alpha value is -3.41. The predicted molar refractivity (Wildman–Crippen MR) is 103 cm³/mol. The van der Waals surface area contributed by atoms with Crippen molar-refractivity contribution in [2.24, 2.45) is 0 Å². The van der Waals surface area contributed by atoms with Crippen LogP contribution in [0.3, 0.4) is 0 Å². The topological polar surface area (TPSA) is 61.5 Å². The molecule has 0 saturated heterocycles. The molecule has 0 saturated carbocycles. The Balaban J connectivity index is 1.87. The van der Waals surface area contributed by atoms with Gasteiger partial charge in [0.1, 0.15) is 17.0 Å². The van der Waals surface area contributed by atoms with Crippen molar-refractivity contribution in [3.05, 3.63) is 66.4 Å². The van der Waals surface area contributed by atoms with Gasteiger partial charge in [-0.15, -0.1) is 5.10 Å². The highest BCUT2D eigenvalue weighted by Gasteiger charge is 2.16. The van der Waals surface area contributed by atoms with E-state index in [0.29, 0.717) is 23.3 Å². The highest BCUT2D eigenvalue weighted by atomic mass is 16.5. The third-order valence-corrected chi connectivity index (χ3v) is 4.20. The maximum absolute atomic E-state index is 6.12. The zero-order valence-corrected chi connectivity index (χ0v) is 15.3. The molecule has 0 atom stereocenters. The van der Waals surface area contributed by atoms with Gasteiger partial charge < -0.3 is 9.47 Å². The maximum atomic E-state index is 6.12. The Morgan fingerprint density at radius 2 is 1.81 bits per heavy atom. The summed E-state index contributed by atoms with van der Waals surface area (Å²) in [5, 5.41) is 4.63. The number of aromatic nitrogens is 4. The van der Waals surface area contributed by atoms with Crippen LogP contribution in [-0.4, -0.2) is 26.7 Å². The Morgan fingerprint density at radius 1 is 0.963 bits per heavy atom. The lowest BCUT2D eigenvalue weighted by Gasteiger charge is -2.10. The average molecular weight is 360 g/mol. The van der Waals surface area contributed by atoms with Crippen molar-refractivity contribution < 1.29 is 9.47 Å². The van der Waals surface area contributed by atoms with Crippen LogP contribution >= 0.6 is 0 Å². The Kier molecular flexibility index (Phi) is 4.70. The third kappa shape index (κ3) is 3.46. The van der Waals surface area contributed by atoms with Gasteiger partial charge >= 0.3 is 0 Å². The fourth-order valence-electron chi connectivity index (χ4n) is 2.96. The molecule has 3 aromatic heterocycles. The van der Waals surface area contributed by atoms with Gasteiger partial charge in [0.25, 0.3) is 0 Å². The van der Waals surface area contributed by atoms with Crippen molar-refractivity contribution in [2.75, 3.05) is 7.11 Å². The molecule has 0 fully saturated rings. The van der Waals surface area contributed by atoms with Gasteiger partial charge in [0.15, 0.2) is 0 Å². The lowest BCUT2D eigenvalue weighted by Crippen LogP contribution is -2.03. The van der Waals surface area contributed by atoms with Crippen LogP contribution in [0.15, 0.2) is 60.8 Å². The van der Waals surface area contributed by atoms with Crippen LogP contribution in [0.1, 0.15) is 18.9 Å². The number of hydrogen-bond acceptors (Lipinski definition) is 5. The van der Waals surface area contributed by atoms with E-state index < -0.39 is 0 Å². The lowest BCUT2D eigenvalue weighted by atomic mass is 10.2. The summed E-state index contributed by atoms with van der Waals surface area (Å²) in [4.78, 5) is 9.13. The summed E-state index contributed by atoms with van der Waals surface area (Å²) < 4.78 is 13.2. The second kappa shape index (κ2) is 7.45. The fraction of sp³-hybridized carbons (Fsp3) is 0.190. The quantitative estimate of drug-likeness (QED) is 0.505. The SMILES string of the molecule is CCCc1ccn2nc(-c3cccc(OC)n3)nc(Oc3ccccc3)c12. The number of aryl methyl sites for hydroxylation is 1. The van der Waals surface area contributed by atoms with Crippen molar-refractivity contribution in [1.29, 1.82) is 0 Å². The molecule has 1 aromatic carbocycles. The summed E-state index contributed by atoms with van der Waals surface area (Å²) in [5.41, 5.74) is 2.67. The standard InChI is InChI=1S/C21H20N4O2/c1-3-8-15-13-14-25-19(15)21(27-16-9-5-4-6-10-16)23-20(24-25)17-11-7-12-18(22-17)26-2/h4-7,9-14H,3,8H2,1-2H3. The summed E-state index contributed by atoms with van der Waals surface area (Å²) in [6.45, 7) is 2.15. The van der Waals surface area contributed by atoms with Gasteiger partial charge in [0.05, 0.1) is 7.11 Å². The number of pyridine rings is 1. The molecule has 0 aliphatic heterocycles. The van der Waals surface area contributed by atoms with E-state index in [-0.39, 0.29) is 0 Å². The van der Waals surface area contributed by atoms with Crippen LogP contribution in [0, 0.1) is 0 Å². The highest BCUT2D eigenvalue weighted by molar-refractivity contribution is 5.66.